The predicted octanol–water partition coefficient (Wildman–Crippen LogP) is 0.845. The molecule has 2 heterocycles. The molecule has 5 nitrogen and oxygen atoms in total. The number of rotatable bonds is 1. The van der Waals surface area contributed by atoms with E-state index in [1.807, 2.05) is 6.07 Å². The zero-order valence-electron chi connectivity index (χ0n) is 9.77. The third kappa shape index (κ3) is 1.99. The summed E-state index contributed by atoms with van der Waals surface area (Å²) in [6.07, 6.45) is 0. The highest BCUT2D eigenvalue weighted by atomic mass is 16.3. The second-order valence-electron chi connectivity index (χ2n) is 4.59. The van der Waals surface area contributed by atoms with Crippen LogP contribution in [0.25, 0.3) is 11.0 Å². The molecular formula is C12H16N4O. The second kappa shape index (κ2) is 4.01. The van der Waals surface area contributed by atoms with E-state index in [0.29, 0.717) is 0 Å². The third-order valence-electron chi connectivity index (χ3n) is 3.19. The van der Waals surface area contributed by atoms with E-state index >= 15 is 0 Å². The third-order valence-corrected chi connectivity index (χ3v) is 3.19. The lowest BCUT2D eigenvalue weighted by atomic mass is 10.2. The molecule has 90 valence electrons. The smallest absolute Gasteiger partial charge is 0.125 e. The Hall–Kier alpha value is -1.59. The summed E-state index contributed by atoms with van der Waals surface area (Å²) < 4.78 is 0. The molecule has 0 radical (unpaired) electrons. The molecule has 0 amide bonds. The van der Waals surface area contributed by atoms with E-state index in [-0.39, 0.29) is 11.8 Å². The first-order valence-electron chi connectivity index (χ1n) is 5.83. The minimum atomic E-state index is 0.239. The van der Waals surface area contributed by atoms with E-state index < -0.39 is 0 Å². The van der Waals surface area contributed by atoms with Crippen molar-refractivity contribution >= 4 is 11.0 Å². The Bertz CT molecular complexity index is 536. The molecule has 1 aromatic heterocycles. The van der Waals surface area contributed by atoms with E-state index in [2.05, 4.69) is 27.2 Å². The number of phenols is 1. The van der Waals surface area contributed by atoms with E-state index in [4.69, 9.17) is 0 Å². The van der Waals surface area contributed by atoms with Gasteiger partial charge in [0.25, 0.3) is 0 Å². The average molecular weight is 232 g/mol. The van der Waals surface area contributed by atoms with Gasteiger partial charge in [0, 0.05) is 25.7 Å². The summed E-state index contributed by atoms with van der Waals surface area (Å²) in [4.78, 5) is 10.1. The maximum absolute atomic E-state index is 9.42. The molecule has 1 aliphatic rings. The minimum Gasteiger partial charge on any atom is -0.508 e. The monoisotopic (exact) mass is 232 g/mol. The molecule has 2 aromatic rings. The number of likely N-dealkylation sites (N-methyl/N-ethyl adjacent to an activating group) is 1. The molecule has 3 N–H and O–H groups in total. The van der Waals surface area contributed by atoms with Crippen LogP contribution >= 0.6 is 0 Å². The molecule has 1 atom stereocenters. The fourth-order valence-corrected chi connectivity index (χ4v) is 2.26. The summed E-state index contributed by atoms with van der Waals surface area (Å²) >= 11 is 0. The number of piperazine rings is 1. The van der Waals surface area contributed by atoms with Crippen molar-refractivity contribution in [2.45, 2.75) is 6.04 Å². The van der Waals surface area contributed by atoms with Crippen LogP contribution in [0, 0.1) is 0 Å². The second-order valence-corrected chi connectivity index (χ2v) is 4.59. The van der Waals surface area contributed by atoms with Crippen molar-refractivity contribution in [1.29, 1.82) is 0 Å². The van der Waals surface area contributed by atoms with Crippen LogP contribution in [0.3, 0.4) is 0 Å². The van der Waals surface area contributed by atoms with Crippen LogP contribution < -0.4 is 5.32 Å². The van der Waals surface area contributed by atoms with Crippen molar-refractivity contribution in [1.82, 2.24) is 20.2 Å². The van der Waals surface area contributed by atoms with Gasteiger partial charge in [-0.1, -0.05) is 0 Å². The maximum Gasteiger partial charge on any atom is 0.125 e. The molecule has 1 fully saturated rings. The number of hydrogen-bond acceptors (Lipinski definition) is 4. The van der Waals surface area contributed by atoms with Crippen molar-refractivity contribution < 1.29 is 5.11 Å². The molecule has 3 rings (SSSR count). The zero-order chi connectivity index (χ0) is 11.8. The van der Waals surface area contributed by atoms with Gasteiger partial charge < -0.3 is 20.3 Å². The standard InChI is InChI=1S/C12H16N4O/c1-16-5-4-13-11(7-16)12-14-9-3-2-8(17)6-10(9)15-12/h2-3,6,11,13,17H,4-5,7H2,1H3,(H,14,15). The number of nitrogens with zero attached hydrogens (tertiary/aromatic N) is 2. The first-order valence-corrected chi connectivity index (χ1v) is 5.83. The van der Waals surface area contributed by atoms with Crippen molar-refractivity contribution in [3.05, 3.63) is 24.0 Å². The predicted molar refractivity (Wildman–Crippen MR) is 66.0 cm³/mol. The quantitative estimate of drug-likeness (QED) is 0.682. The molecule has 0 saturated carbocycles. The van der Waals surface area contributed by atoms with Gasteiger partial charge in [-0.2, -0.15) is 0 Å². The summed E-state index contributed by atoms with van der Waals surface area (Å²) in [6.45, 7) is 2.99. The number of nitrogens with one attached hydrogen (secondary N) is 2. The van der Waals surface area contributed by atoms with E-state index in [0.717, 1.165) is 36.5 Å². The van der Waals surface area contributed by atoms with Gasteiger partial charge in [0.15, 0.2) is 0 Å². The van der Waals surface area contributed by atoms with E-state index in [1.165, 1.54) is 0 Å². The van der Waals surface area contributed by atoms with Crippen molar-refractivity contribution in [2.24, 2.45) is 0 Å². The number of H-pyrrole nitrogens is 1. The van der Waals surface area contributed by atoms with Gasteiger partial charge in [-0.15, -0.1) is 0 Å². The van der Waals surface area contributed by atoms with Crippen molar-refractivity contribution in [2.75, 3.05) is 26.7 Å². The van der Waals surface area contributed by atoms with E-state index in [1.54, 1.807) is 12.1 Å². The lowest BCUT2D eigenvalue weighted by Gasteiger charge is -2.29. The summed E-state index contributed by atoms with van der Waals surface area (Å²) in [7, 11) is 2.11. The fourth-order valence-electron chi connectivity index (χ4n) is 2.26. The van der Waals surface area contributed by atoms with Crippen LogP contribution in [0.15, 0.2) is 18.2 Å². The fraction of sp³-hybridized carbons (Fsp3) is 0.417. The van der Waals surface area contributed by atoms with Gasteiger partial charge in [0.1, 0.15) is 11.6 Å². The number of aromatic nitrogens is 2. The van der Waals surface area contributed by atoms with Crippen LogP contribution in [-0.2, 0) is 0 Å². The van der Waals surface area contributed by atoms with Gasteiger partial charge in [-0.25, -0.2) is 4.98 Å². The Balaban J connectivity index is 1.94. The Morgan fingerprint density at radius 3 is 3.18 bits per heavy atom. The number of aromatic hydroxyl groups is 1. The van der Waals surface area contributed by atoms with Crippen LogP contribution in [0.4, 0.5) is 0 Å². The van der Waals surface area contributed by atoms with Crippen LogP contribution in [0.1, 0.15) is 11.9 Å². The molecule has 1 unspecified atom stereocenters. The highest BCUT2D eigenvalue weighted by molar-refractivity contribution is 5.76. The topological polar surface area (TPSA) is 64.2 Å². The number of phenolic OH excluding ortho intramolecular Hbond substituents is 1. The van der Waals surface area contributed by atoms with Gasteiger partial charge in [0.05, 0.1) is 17.1 Å². The number of benzene rings is 1. The summed E-state index contributed by atoms with van der Waals surface area (Å²) in [5.41, 5.74) is 1.78. The number of hydrogen-bond donors (Lipinski definition) is 3. The number of imidazole rings is 1. The minimum absolute atomic E-state index is 0.239. The normalized spacial score (nSPS) is 22.1. The van der Waals surface area contributed by atoms with Crippen molar-refractivity contribution in [3.63, 3.8) is 0 Å². The van der Waals surface area contributed by atoms with Gasteiger partial charge in [0.2, 0.25) is 0 Å². The SMILES string of the molecule is CN1CCNC(c2nc3ccc(O)cc3[nH]2)C1. The van der Waals surface area contributed by atoms with Crippen LogP contribution in [-0.4, -0.2) is 46.7 Å². The van der Waals surface area contributed by atoms with Gasteiger partial charge in [-0.05, 0) is 19.2 Å². The molecule has 0 bridgehead atoms. The van der Waals surface area contributed by atoms with E-state index in [9.17, 15) is 5.11 Å². The van der Waals surface area contributed by atoms with Crippen LogP contribution in [0.5, 0.6) is 5.75 Å². The van der Waals surface area contributed by atoms with Gasteiger partial charge in [-0.3, -0.25) is 0 Å². The molecule has 5 heteroatoms. The molecule has 1 saturated heterocycles. The summed E-state index contributed by atoms with van der Waals surface area (Å²) in [5.74, 6) is 1.21. The molecule has 17 heavy (non-hydrogen) atoms. The zero-order valence-corrected chi connectivity index (χ0v) is 9.77. The molecule has 0 aliphatic carbocycles. The first-order chi connectivity index (χ1) is 8.22. The first kappa shape index (κ1) is 10.6. The molecular weight excluding hydrogens is 216 g/mol. The Morgan fingerprint density at radius 2 is 2.35 bits per heavy atom. The maximum atomic E-state index is 9.42. The lowest BCUT2D eigenvalue weighted by Crippen LogP contribution is -2.44. The Kier molecular flexibility index (Phi) is 2.49. The molecule has 1 aromatic carbocycles. The van der Waals surface area contributed by atoms with Crippen LogP contribution in [0.2, 0.25) is 0 Å². The lowest BCUT2D eigenvalue weighted by molar-refractivity contribution is 0.236. The Morgan fingerprint density at radius 1 is 1.47 bits per heavy atom. The van der Waals surface area contributed by atoms with Crippen molar-refractivity contribution in [3.8, 4) is 5.75 Å². The highest BCUT2D eigenvalue weighted by Gasteiger charge is 2.20. The molecule has 1 aliphatic heterocycles. The average Bonchev–Trinajstić information content (AvgIpc) is 2.72. The summed E-state index contributed by atoms with van der Waals surface area (Å²) in [6, 6.07) is 5.44. The van der Waals surface area contributed by atoms with Gasteiger partial charge >= 0.3 is 0 Å². The number of fused-ring (bicyclic) bond motifs is 1. The largest absolute Gasteiger partial charge is 0.508 e. The summed E-state index contributed by atoms with van der Waals surface area (Å²) in [5, 5.41) is 12.9. The number of aromatic amines is 1. The Labute approximate surface area is 99.5 Å². The highest BCUT2D eigenvalue weighted by Crippen LogP contribution is 2.21. The molecule has 0 spiro atoms.